The number of amides is 2. The summed E-state index contributed by atoms with van der Waals surface area (Å²) in [6.45, 7) is 1.48. The third-order valence-electron chi connectivity index (χ3n) is 2.53. The molecule has 2 heterocycles. The molecule has 0 bridgehead atoms. The third kappa shape index (κ3) is 2.01. The first kappa shape index (κ1) is 9.40. The Morgan fingerprint density at radius 3 is 2.86 bits per heavy atom. The predicted octanol–water partition coefficient (Wildman–Crippen LogP) is 0.386. The Balaban J connectivity index is 2.02. The molecule has 0 aliphatic carbocycles. The molecule has 1 N–H and O–H groups in total. The maximum Gasteiger partial charge on any atom is 0.253 e. The molecule has 2 rings (SSSR count). The van der Waals surface area contributed by atoms with Crippen molar-refractivity contribution in [3.8, 4) is 0 Å². The molecule has 2 amide bonds. The van der Waals surface area contributed by atoms with Crippen LogP contribution in [0.15, 0.2) is 11.6 Å². The van der Waals surface area contributed by atoms with E-state index in [1.807, 2.05) is 6.08 Å². The molecule has 4 nitrogen and oxygen atoms in total. The summed E-state index contributed by atoms with van der Waals surface area (Å²) >= 11 is 0. The molecule has 0 aromatic heterocycles. The molecule has 0 aromatic carbocycles. The average molecular weight is 195 g/mol. The largest absolute Gasteiger partial charge is 0.381 e. The third-order valence-corrected chi connectivity index (χ3v) is 2.53. The first-order chi connectivity index (χ1) is 6.75. The Morgan fingerprint density at radius 2 is 2.29 bits per heavy atom. The van der Waals surface area contributed by atoms with E-state index in [4.69, 9.17) is 4.74 Å². The van der Waals surface area contributed by atoms with Crippen LogP contribution >= 0.6 is 0 Å². The van der Waals surface area contributed by atoms with Crippen molar-refractivity contribution in [1.82, 2.24) is 5.32 Å². The van der Waals surface area contributed by atoms with Gasteiger partial charge in [0.05, 0.1) is 13.0 Å². The van der Waals surface area contributed by atoms with Crippen LogP contribution in [0.25, 0.3) is 0 Å². The van der Waals surface area contributed by atoms with E-state index in [0.29, 0.717) is 18.1 Å². The van der Waals surface area contributed by atoms with E-state index in [1.54, 1.807) is 0 Å². The SMILES string of the molecule is O=C1C/C(=C/C2CCCOC2)C(=O)N1. The second-order valence-electron chi connectivity index (χ2n) is 3.72. The molecule has 2 aliphatic rings. The molecule has 4 heteroatoms. The van der Waals surface area contributed by atoms with Crippen LogP contribution in [0, 0.1) is 5.92 Å². The van der Waals surface area contributed by atoms with Gasteiger partial charge in [-0.05, 0) is 12.8 Å². The minimum atomic E-state index is -0.236. The molecule has 0 saturated carbocycles. The van der Waals surface area contributed by atoms with Crippen LogP contribution in [0.4, 0.5) is 0 Å². The van der Waals surface area contributed by atoms with Crippen molar-refractivity contribution in [2.75, 3.05) is 13.2 Å². The van der Waals surface area contributed by atoms with Gasteiger partial charge in [0.2, 0.25) is 5.91 Å². The molecular formula is C10H13NO3. The van der Waals surface area contributed by atoms with Gasteiger partial charge < -0.3 is 4.74 Å². The van der Waals surface area contributed by atoms with Gasteiger partial charge in [0.1, 0.15) is 0 Å². The fourth-order valence-electron chi connectivity index (χ4n) is 1.82. The number of ether oxygens (including phenoxy) is 1. The predicted molar refractivity (Wildman–Crippen MR) is 49.4 cm³/mol. The van der Waals surface area contributed by atoms with Gasteiger partial charge in [0.25, 0.3) is 5.91 Å². The molecule has 2 aliphatic heterocycles. The number of rotatable bonds is 1. The highest BCUT2D eigenvalue weighted by atomic mass is 16.5. The van der Waals surface area contributed by atoms with Gasteiger partial charge in [-0.3, -0.25) is 14.9 Å². The number of nitrogens with one attached hydrogen (secondary N) is 1. The molecule has 1 atom stereocenters. The van der Waals surface area contributed by atoms with Crippen LogP contribution in [0.5, 0.6) is 0 Å². The van der Waals surface area contributed by atoms with Crippen molar-refractivity contribution in [2.45, 2.75) is 19.3 Å². The monoisotopic (exact) mass is 195 g/mol. The molecule has 0 aromatic rings. The first-order valence-corrected chi connectivity index (χ1v) is 4.88. The van der Waals surface area contributed by atoms with Crippen LogP contribution in [-0.4, -0.2) is 25.0 Å². The van der Waals surface area contributed by atoms with Crippen molar-refractivity contribution >= 4 is 11.8 Å². The Morgan fingerprint density at radius 1 is 1.43 bits per heavy atom. The molecule has 1 unspecified atom stereocenters. The van der Waals surface area contributed by atoms with Crippen LogP contribution in [0.1, 0.15) is 19.3 Å². The molecule has 2 saturated heterocycles. The summed E-state index contributed by atoms with van der Waals surface area (Å²) < 4.78 is 5.29. The van der Waals surface area contributed by atoms with Gasteiger partial charge in [0.15, 0.2) is 0 Å². The molecule has 0 radical (unpaired) electrons. The summed E-state index contributed by atoms with van der Waals surface area (Å²) in [5.74, 6) is -0.131. The van der Waals surface area contributed by atoms with E-state index in [1.165, 1.54) is 0 Å². The maximum atomic E-state index is 11.2. The lowest BCUT2D eigenvalue weighted by Gasteiger charge is -2.19. The highest BCUT2D eigenvalue weighted by Crippen LogP contribution is 2.19. The van der Waals surface area contributed by atoms with E-state index in [-0.39, 0.29) is 18.2 Å². The van der Waals surface area contributed by atoms with E-state index >= 15 is 0 Å². The maximum absolute atomic E-state index is 11.2. The van der Waals surface area contributed by atoms with E-state index in [0.717, 1.165) is 19.4 Å². The second kappa shape index (κ2) is 3.92. The van der Waals surface area contributed by atoms with Gasteiger partial charge in [0, 0.05) is 18.1 Å². The highest BCUT2D eigenvalue weighted by Gasteiger charge is 2.25. The number of hydrogen-bond acceptors (Lipinski definition) is 3. The van der Waals surface area contributed by atoms with Gasteiger partial charge in [-0.2, -0.15) is 0 Å². The Bertz CT molecular complexity index is 290. The number of hydrogen-bond donors (Lipinski definition) is 1. The summed E-state index contributed by atoms with van der Waals surface area (Å²) in [4.78, 5) is 22.1. The molecular weight excluding hydrogens is 182 g/mol. The lowest BCUT2D eigenvalue weighted by Crippen LogP contribution is -2.20. The minimum absolute atomic E-state index is 0.196. The normalized spacial score (nSPS) is 30.9. The van der Waals surface area contributed by atoms with Gasteiger partial charge in [-0.1, -0.05) is 6.08 Å². The van der Waals surface area contributed by atoms with E-state index in [9.17, 15) is 9.59 Å². The summed E-state index contributed by atoms with van der Waals surface area (Å²) in [6, 6.07) is 0. The zero-order valence-corrected chi connectivity index (χ0v) is 7.91. The van der Waals surface area contributed by atoms with E-state index < -0.39 is 0 Å². The molecule has 2 fully saturated rings. The van der Waals surface area contributed by atoms with Crippen LogP contribution in [0.3, 0.4) is 0 Å². The molecule has 14 heavy (non-hydrogen) atoms. The van der Waals surface area contributed by atoms with Crippen LogP contribution in [-0.2, 0) is 14.3 Å². The number of carbonyl (C=O) groups is 2. The van der Waals surface area contributed by atoms with Gasteiger partial charge >= 0.3 is 0 Å². The lowest BCUT2D eigenvalue weighted by molar-refractivity contribution is -0.124. The Kier molecular flexibility index (Phi) is 2.63. The van der Waals surface area contributed by atoms with Crippen LogP contribution < -0.4 is 5.32 Å². The topological polar surface area (TPSA) is 55.4 Å². The zero-order chi connectivity index (χ0) is 9.97. The van der Waals surface area contributed by atoms with Gasteiger partial charge in [-0.25, -0.2) is 0 Å². The van der Waals surface area contributed by atoms with Crippen molar-refractivity contribution in [3.63, 3.8) is 0 Å². The lowest BCUT2D eigenvalue weighted by atomic mass is 9.98. The van der Waals surface area contributed by atoms with Crippen molar-refractivity contribution in [1.29, 1.82) is 0 Å². The summed E-state index contributed by atoms with van der Waals surface area (Å²) in [7, 11) is 0. The van der Waals surface area contributed by atoms with Crippen molar-refractivity contribution < 1.29 is 14.3 Å². The fourth-order valence-corrected chi connectivity index (χ4v) is 1.82. The Hall–Kier alpha value is -1.16. The zero-order valence-electron chi connectivity index (χ0n) is 7.91. The van der Waals surface area contributed by atoms with Gasteiger partial charge in [-0.15, -0.1) is 0 Å². The molecule has 0 spiro atoms. The first-order valence-electron chi connectivity index (χ1n) is 4.88. The fraction of sp³-hybridized carbons (Fsp3) is 0.600. The van der Waals surface area contributed by atoms with E-state index in [2.05, 4.69) is 5.32 Å². The second-order valence-corrected chi connectivity index (χ2v) is 3.72. The standard InChI is InChI=1S/C10H13NO3/c12-9-5-8(10(13)11-9)4-7-2-1-3-14-6-7/h4,7H,1-3,5-6H2,(H,11,12,13)/b8-4-. The van der Waals surface area contributed by atoms with Crippen molar-refractivity contribution in [3.05, 3.63) is 11.6 Å². The summed E-state index contributed by atoms with van der Waals surface area (Å²) in [5, 5.41) is 2.27. The number of carbonyl (C=O) groups excluding carboxylic acids is 2. The Labute approximate surface area is 82.3 Å². The minimum Gasteiger partial charge on any atom is -0.381 e. The van der Waals surface area contributed by atoms with Crippen LogP contribution in [0.2, 0.25) is 0 Å². The molecule has 76 valence electrons. The number of imide groups is 1. The smallest absolute Gasteiger partial charge is 0.253 e. The quantitative estimate of drug-likeness (QED) is 0.486. The highest BCUT2D eigenvalue weighted by molar-refractivity contribution is 6.13. The summed E-state index contributed by atoms with van der Waals surface area (Å²) in [6.07, 6.45) is 4.20. The summed E-state index contributed by atoms with van der Waals surface area (Å²) in [5.41, 5.74) is 0.602. The van der Waals surface area contributed by atoms with Crippen molar-refractivity contribution in [2.24, 2.45) is 5.92 Å². The average Bonchev–Trinajstić information content (AvgIpc) is 2.47.